The normalized spacial score (nSPS) is 28.3. The zero-order chi connectivity index (χ0) is 13.5. The van der Waals surface area contributed by atoms with E-state index in [-0.39, 0.29) is 6.04 Å². The van der Waals surface area contributed by atoms with Gasteiger partial charge in [0.25, 0.3) is 0 Å². The summed E-state index contributed by atoms with van der Waals surface area (Å²) in [6.07, 6.45) is 1.98. The number of nitrogens with one attached hydrogen (secondary N) is 1. The molecule has 3 heterocycles. The molecule has 3 aliphatic rings. The average Bonchev–Trinajstić information content (AvgIpc) is 2.73. The molecule has 1 aromatic rings. The van der Waals surface area contributed by atoms with Gasteiger partial charge >= 0.3 is 0 Å². The maximum absolute atomic E-state index is 12.7. The standard InChI is InChI=1S/C13H17BrN2O2S/c14-11-1-3-13(4-2-11)19(17,18)16-10-9-15-7-5-12(16)6-8-15/h1-4,12H,5-10H2/p+1. The number of quaternary nitrogens is 1. The lowest BCUT2D eigenvalue weighted by Crippen LogP contribution is -3.13. The van der Waals surface area contributed by atoms with Gasteiger partial charge in [0.05, 0.1) is 31.1 Å². The molecule has 0 spiro atoms. The number of fused-ring (bicyclic) bond motifs is 4. The number of hydrogen-bond acceptors (Lipinski definition) is 2. The van der Waals surface area contributed by atoms with Crippen molar-refractivity contribution in [3.63, 3.8) is 0 Å². The van der Waals surface area contributed by atoms with Crippen molar-refractivity contribution in [2.24, 2.45) is 0 Å². The summed E-state index contributed by atoms with van der Waals surface area (Å²) in [5, 5.41) is 0. The van der Waals surface area contributed by atoms with Crippen molar-refractivity contribution in [1.29, 1.82) is 0 Å². The van der Waals surface area contributed by atoms with Crippen LogP contribution in [-0.2, 0) is 10.0 Å². The van der Waals surface area contributed by atoms with Crippen LogP contribution < -0.4 is 4.90 Å². The third kappa shape index (κ3) is 2.59. The highest BCUT2D eigenvalue weighted by Crippen LogP contribution is 2.24. The second-order valence-corrected chi connectivity index (χ2v) is 8.11. The van der Waals surface area contributed by atoms with E-state index in [9.17, 15) is 8.42 Å². The first-order chi connectivity index (χ1) is 9.07. The molecule has 0 atom stereocenters. The summed E-state index contributed by atoms with van der Waals surface area (Å²) in [5.74, 6) is 0. The van der Waals surface area contributed by atoms with E-state index in [4.69, 9.17) is 0 Å². The molecule has 0 amide bonds. The van der Waals surface area contributed by atoms with Crippen molar-refractivity contribution in [3.8, 4) is 0 Å². The van der Waals surface area contributed by atoms with E-state index in [0.717, 1.165) is 36.9 Å². The Morgan fingerprint density at radius 2 is 1.74 bits per heavy atom. The number of halogens is 1. The zero-order valence-corrected chi connectivity index (χ0v) is 13.1. The van der Waals surface area contributed by atoms with Crippen LogP contribution in [0.15, 0.2) is 33.6 Å². The van der Waals surface area contributed by atoms with E-state index in [0.29, 0.717) is 11.4 Å². The second kappa shape index (κ2) is 5.16. The molecule has 0 aliphatic carbocycles. The van der Waals surface area contributed by atoms with E-state index in [1.807, 2.05) is 0 Å². The van der Waals surface area contributed by atoms with Gasteiger partial charge in [-0.15, -0.1) is 0 Å². The third-order valence-electron chi connectivity index (χ3n) is 4.18. The van der Waals surface area contributed by atoms with Gasteiger partial charge in [0, 0.05) is 23.4 Å². The van der Waals surface area contributed by atoms with Crippen molar-refractivity contribution in [2.45, 2.75) is 23.8 Å². The van der Waals surface area contributed by atoms with Gasteiger partial charge in [-0.3, -0.25) is 0 Å². The van der Waals surface area contributed by atoms with Gasteiger partial charge in [-0.1, -0.05) is 15.9 Å². The Morgan fingerprint density at radius 3 is 2.37 bits per heavy atom. The monoisotopic (exact) mass is 345 g/mol. The first-order valence-corrected chi connectivity index (χ1v) is 8.92. The number of nitrogens with zero attached hydrogens (tertiary/aromatic N) is 1. The van der Waals surface area contributed by atoms with Gasteiger partial charge in [0.1, 0.15) is 0 Å². The molecular formula is C13H18BrN2O2S+. The molecule has 3 saturated heterocycles. The van der Waals surface area contributed by atoms with Crippen LogP contribution in [0.5, 0.6) is 0 Å². The topological polar surface area (TPSA) is 41.8 Å². The van der Waals surface area contributed by atoms with Crippen LogP contribution in [0.2, 0.25) is 0 Å². The van der Waals surface area contributed by atoms with Gasteiger partial charge in [0.2, 0.25) is 10.0 Å². The molecule has 4 nitrogen and oxygen atoms in total. The highest BCUT2D eigenvalue weighted by Gasteiger charge is 2.38. The van der Waals surface area contributed by atoms with Crippen LogP contribution in [0.4, 0.5) is 0 Å². The van der Waals surface area contributed by atoms with E-state index in [2.05, 4.69) is 15.9 Å². The summed E-state index contributed by atoms with van der Waals surface area (Å²) in [6.45, 7) is 3.80. The summed E-state index contributed by atoms with van der Waals surface area (Å²) in [4.78, 5) is 1.95. The first kappa shape index (κ1) is 13.5. The minimum absolute atomic E-state index is 0.194. The molecule has 1 aromatic carbocycles. The molecule has 3 fully saturated rings. The molecule has 1 N–H and O–H groups in total. The fourth-order valence-electron chi connectivity index (χ4n) is 3.06. The van der Waals surface area contributed by atoms with Crippen LogP contribution >= 0.6 is 15.9 Å². The number of benzene rings is 1. The smallest absolute Gasteiger partial charge is 0.243 e. The molecule has 0 saturated carbocycles. The molecule has 0 radical (unpaired) electrons. The summed E-state index contributed by atoms with van der Waals surface area (Å²) < 4.78 is 28.1. The fraction of sp³-hybridized carbons (Fsp3) is 0.538. The predicted octanol–water partition coefficient (Wildman–Crippen LogP) is 0.501. The summed E-state index contributed by atoms with van der Waals surface area (Å²) >= 11 is 3.34. The SMILES string of the molecule is O=S(=O)(c1ccc(Br)cc1)N1CC[NH+]2CCC1CC2. The quantitative estimate of drug-likeness (QED) is 0.848. The Labute approximate surface area is 122 Å². The molecule has 0 aromatic heterocycles. The van der Waals surface area contributed by atoms with Crippen molar-refractivity contribution < 1.29 is 13.3 Å². The Hall–Kier alpha value is -0.430. The molecule has 19 heavy (non-hydrogen) atoms. The number of piperidine rings is 1. The molecule has 104 valence electrons. The minimum Gasteiger partial charge on any atom is -0.334 e. The Kier molecular flexibility index (Phi) is 3.68. The maximum atomic E-state index is 12.7. The van der Waals surface area contributed by atoms with Crippen LogP contribution in [-0.4, -0.2) is 44.9 Å². The van der Waals surface area contributed by atoms with Crippen molar-refractivity contribution in [2.75, 3.05) is 26.2 Å². The molecule has 3 aliphatic heterocycles. The van der Waals surface area contributed by atoms with Gasteiger partial charge < -0.3 is 4.90 Å². The lowest BCUT2D eigenvalue weighted by Gasteiger charge is -2.28. The molecule has 0 unspecified atom stereocenters. The van der Waals surface area contributed by atoms with Gasteiger partial charge in [-0.2, -0.15) is 4.31 Å². The molecular weight excluding hydrogens is 328 g/mol. The van der Waals surface area contributed by atoms with Crippen LogP contribution in [0.1, 0.15) is 12.8 Å². The summed E-state index contributed by atoms with van der Waals surface area (Å²) in [7, 11) is -3.34. The molecule has 6 heteroatoms. The first-order valence-electron chi connectivity index (χ1n) is 6.68. The largest absolute Gasteiger partial charge is 0.334 e. The highest BCUT2D eigenvalue weighted by molar-refractivity contribution is 9.10. The van der Waals surface area contributed by atoms with Crippen LogP contribution in [0.3, 0.4) is 0 Å². The van der Waals surface area contributed by atoms with E-state index in [1.165, 1.54) is 0 Å². The van der Waals surface area contributed by atoms with Crippen molar-refractivity contribution in [1.82, 2.24) is 4.31 Å². The molecule has 4 rings (SSSR count). The minimum atomic E-state index is -3.34. The second-order valence-electron chi connectivity index (χ2n) is 5.30. The number of sulfonamides is 1. The zero-order valence-electron chi connectivity index (χ0n) is 10.7. The number of hydrogen-bond donors (Lipinski definition) is 1. The maximum Gasteiger partial charge on any atom is 0.243 e. The Balaban J connectivity index is 1.93. The predicted molar refractivity (Wildman–Crippen MR) is 76.6 cm³/mol. The summed E-state index contributed by atoms with van der Waals surface area (Å²) in [6, 6.07) is 7.14. The van der Waals surface area contributed by atoms with E-state index < -0.39 is 10.0 Å². The molecule has 2 bridgehead atoms. The van der Waals surface area contributed by atoms with E-state index >= 15 is 0 Å². The van der Waals surface area contributed by atoms with Crippen molar-refractivity contribution >= 4 is 26.0 Å². The Morgan fingerprint density at radius 1 is 1.11 bits per heavy atom. The van der Waals surface area contributed by atoms with Crippen LogP contribution in [0, 0.1) is 0 Å². The van der Waals surface area contributed by atoms with Gasteiger partial charge in [-0.05, 0) is 24.3 Å². The van der Waals surface area contributed by atoms with Gasteiger partial charge in [0.15, 0.2) is 0 Å². The lowest BCUT2D eigenvalue weighted by molar-refractivity contribution is -0.901. The third-order valence-corrected chi connectivity index (χ3v) is 6.67. The lowest BCUT2D eigenvalue weighted by atomic mass is 10.1. The van der Waals surface area contributed by atoms with Crippen LogP contribution in [0.25, 0.3) is 0 Å². The van der Waals surface area contributed by atoms with E-state index in [1.54, 1.807) is 33.5 Å². The fourth-order valence-corrected chi connectivity index (χ4v) is 5.01. The highest BCUT2D eigenvalue weighted by atomic mass is 79.9. The average molecular weight is 346 g/mol. The van der Waals surface area contributed by atoms with Crippen molar-refractivity contribution in [3.05, 3.63) is 28.7 Å². The Bertz CT molecular complexity index is 551. The summed E-state index contributed by atoms with van der Waals surface area (Å²) in [5.41, 5.74) is 0. The van der Waals surface area contributed by atoms with Gasteiger partial charge in [-0.25, -0.2) is 8.42 Å². The number of rotatable bonds is 2.